The van der Waals surface area contributed by atoms with Crippen LogP contribution in [0.5, 0.6) is 5.75 Å². The number of anilines is 1. The summed E-state index contributed by atoms with van der Waals surface area (Å²) in [6.07, 6.45) is 0. The molecule has 0 aliphatic rings. The quantitative estimate of drug-likeness (QED) is 0.249. The lowest BCUT2D eigenvalue weighted by Crippen LogP contribution is -2.39. The first-order chi connectivity index (χ1) is 17.1. The number of nitrogens with one attached hydrogen (secondary N) is 1. The van der Waals surface area contributed by atoms with Gasteiger partial charge in [0.15, 0.2) is 0 Å². The van der Waals surface area contributed by atoms with E-state index in [1.807, 2.05) is 13.8 Å². The third-order valence-corrected chi connectivity index (χ3v) is 6.96. The van der Waals surface area contributed by atoms with Gasteiger partial charge in [0.2, 0.25) is 0 Å². The van der Waals surface area contributed by atoms with Crippen molar-refractivity contribution >= 4 is 33.0 Å². The molecule has 1 amide bonds. The Hall–Kier alpha value is -4.25. The monoisotopic (exact) mass is 510 g/mol. The molecule has 0 aromatic heterocycles. The number of nitro benzene ring substituents is 1. The molecule has 11 heteroatoms. The minimum Gasteiger partial charge on any atom is -0.494 e. The van der Waals surface area contributed by atoms with Crippen molar-refractivity contribution in [2.45, 2.75) is 25.7 Å². The highest BCUT2D eigenvalue weighted by atomic mass is 32.2. The molecule has 0 fully saturated rings. The number of nitrogens with zero attached hydrogens (tertiary/aromatic N) is 3. The number of carbonyl (C=O) groups is 1. The number of non-ortho nitro benzene ring substituents is 1. The van der Waals surface area contributed by atoms with Gasteiger partial charge in [-0.3, -0.25) is 19.2 Å². The summed E-state index contributed by atoms with van der Waals surface area (Å²) >= 11 is 0. The molecular formula is C25H26N4O6S. The van der Waals surface area contributed by atoms with Crippen molar-refractivity contribution in [3.63, 3.8) is 0 Å². The summed E-state index contributed by atoms with van der Waals surface area (Å²) in [5.41, 5.74) is 4.52. The van der Waals surface area contributed by atoms with E-state index >= 15 is 0 Å². The SMILES string of the molecule is CCOc1ccc(S(=O)(=O)N(CC(=O)NN=C(C)c2ccc([N+](=O)[O-])cc2)c2ccc(C)cc2)cc1. The van der Waals surface area contributed by atoms with Gasteiger partial charge in [-0.2, -0.15) is 5.10 Å². The summed E-state index contributed by atoms with van der Waals surface area (Å²) < 4.78 is 33.4. The topological polar surface area (TPSA) is 131 Å². The summed E-state index contributed by atoms with van der Waals surface area (Å²) in [6.45, 7) is 5.25. The van der Waals surface area contributed by atoms with Crippen LogP contribution in [-0.4, -0.2) is 38.1 Å². The number of ether oxygens (including phenoxy) is 1. The molecule has 0 unspecified atom stereocenters. The summed E-state index contributed by atoms with van der Waals surface area (Å²) in [5.74, 6) is -0.126. The van der Waals surface area contributed by atoms with E-state index in [1.165, 1.54) is 36.4 Å². The second-order valence-corrected chi connectivity index (χ2v) is 9.65. The number of amides is 1. The number of hydrogen-bond acceptors (Lipinski definition) is 7. The highest BCUT2D eigenvalue weighted by Crippen LogP contribution is 2.25. The van der Waals surface area contributed by atoms with E-state index in [1.54, 1.807) is 43.3 Å². The fourth-order valence-corrected chi connectivity index (χ4v) is 4.65. The summed E-state index contributed by atoms with van der Waals surface area (Å²) in [5, 5.41) is 14.8. The third kappa shape index (κ3) is 6.45. The molecule has 10 nitrogen and oxygen atoms in total. The molecule has 3 rings (SSSR count). The van der Waals surface area contributed by atoms with Gasteiger partial charge in [0.1, 0.15) is 12.3 Å². The van der Waals surface area contributed by atoms with Crippen molar-refractivity contribution in [2.24, 2.45) is 5.10 Å². The number of aryl methyl sites for hydroxylation is 1. The number of carbonyl (C=O) groups excluding carboxylic acids is 1. The highest BCUT2D eigenvalue weighted by Gasteiger charge is 2.27. The lowest BCUT2D eigenvalue weighted by molar-refractivity contribution is -0.384. The maximum Gasteiger partial charge on any atom is 0.269 e. The molecule has 0 atom stereocenters. The first-order valence-corrected chi connectivity index (χ1v) is 12.5. The fraction of sp³-hybridized carbons (Fsp3) is 0.200. The Morgan fingerprint density at radius 1 is 1.03 bits per heavy atom. The Morgan fingerprint density at radius 3 is 2.19 bits per heavy atom. The second-order valence-electron chi connectivity index (χ2n) is 7.79. The van der Waals surface area contributed by atoms with E-state index in [2.05, 4.69) is 10.5 Å². The molecule has 3 aromatic carbocycles. The van der Waals surface area contributed by atoms with Gasteiger partial charge in [0.05, 0.1) is 27.8 Å². The zero-order valence-electron chi connectivity index (χ0n) is 20.0. The maximum atomic E-state index is 13.5. The van der Waals surface area contributed by atoms with Crippen LogP contribution in [0.3, 0.4) is 0 Å². The third-order valence-electron chi connectivity index (χ3n) is 5.18. The van der Waals surface area contributed by atoms with Crippen molar-refractivity contribution < 1.29 is 22.9 Å². The highest BCUT2D eigenvalue weighted by molar-refractivity contribution is 7.92. The summed E-state index contributed by atoms with van der Waals surface area (Å²) in [7, 11) is -4.09. The number of benzene rings is 3. The van der Waals surface area contributed by atoms with E-state index in [-0.39, 0.29) is 10.6 Å². The molecule has 0 spiro atoms. The van der Waals surface area contributed by atoms with Crippen molar-refractivity contribution in [3.05, 3.63) is 94.0 Å². The van der Waals surface area contributed by atoms with Gasteiger partial charge in [0, 0.05) is 12.1 Å². The summed E-state index contributed by atoms with van der Waals surface area (Å²) in [4.78, 5) is 23.1. The van der Waals surface area contributed by atoms with Gasteiger partial charge in [-0.05, 0) is 74.9 Å². The van der Waals surface area contributed by atoms with Crippen molar-refractivity contribution in [1.29, 1.82) is 0 Å². The summed E-state index contributed by atoms with van der Waals surface area (Å²) in [6, 6.07) is 18.4. The van der Waals surface area contributed by atoms with Crippen molar-refractivity contribution in [3.8, 4) is 5.75 Å². The van der Waals surface area contributed by atoms with E-state index < -0.39 is 27.4 Å². The van der Waals surface area contributed by atoms with Crippen LogP contribution in [0.1, 0.15) is 25.0 Å². The average molecular weight is 511 g/mol. The smallest absolute Gasteiger partial charge is 0.269 e. The van der Waals surface area contributed by atoms with Crippen LogP contribution in [0, 0.1) is 17.0 Å². The predicted molar refractivity (Wildman–Crippen MR) is 137 cm³/mol. The van der Waals surface area contributed by atoms with Gasteiger partial charge < -0.3 is 4.74 Å². The number of hydrazone groups is 1. The second kappa shape index (κ2) is 11.5. The maximum absolute atomic E-state index is 13.5. The first kappa shape index (κ1) is 26.4. The van der Waals surface area contributed by atoms with Crippen molar-refractivity contribution in [2.75, 3.05) is 17.5 Å². The minimum atomic E-state index is -4.09. The standard InChI is InChI=1S/C25H26N4O6S/c1-4-35-23-13-15-24(16-14-23)36(33,34)28(21-9-5-18(2)6-10-21)17-25(30)27-26-19(3)20-7-11-22(12-8-20)29(31)32/h5-16H,4,17H2,1-3H3,(H,27,30). The van der Waals surface area contributed by atoms with Gasteiger partial charge in [-0.1, -0.05) is 17.7 Å². The van der Waals surface area contributed by atoms with Crippen LogP contribution in [0.4, 0.5) is 11.4 Å². The molecule has 0 bridgehead atoms. The number of nitro groups is 1. The Morgan fingerprint density at radius 2 is 1.64 bits per heavy atom. The van der Waals surface area contributed by atoms with Crippen LogP contribution in [0.2, 0.25) is 0 Å². The predicted octanol–water partition coefficient (Wildman–Crippen LogP) is 4.04. The lowest BCUT2D eigenvalue weighted by Gasteiger charge is -2.24. The van der Waals surface area contributed by atoms with Crippen LogP contribution in [0.15, 0.2) is 82.8 Å². The lowest BCUT2D eigenvalue weighted by atomic mass is 10.1. The van der Waals surface area contributed by atoms with E-state index in [4.69, 9.17) is 4.74 Å². The molecule has 1 N–H and O–H groups in total. The molecule has 36 heavy (non-hydrogen) atoms. The zero-order valence-corrected chi connectivity index (χ0v) is 20.9. The Labute approximate surface area is 209 Å². The molecule has 0 aliphatic heterocycles. The van der Waals surface area contributed by atoms with E-state index in [0.717, 1.165) is 9.87 Å². The van der Waals surface area contributed by atoms with Crippen LogP contribution in [0.25, 0.3) is 0 Å². The van der Waals surface area contributed by atoms with E-state index in [9.17, 15) is 23.3 Å². The number of rotatable bonds is 10. The first-order valence-electron chi connectivity index (χ1n) is 11.0. The average Bonchev–Trinajstić information content (AvgIpc) is 2.87. The Bertz CT molecular complexity index is 1350. The molecule has 0 aliphatic carbocycles. The fourth-order valence-electron chi connectivity index (χ4n) is 3.23. The molecule has 0 saturated carbocycles. The molecule has 188 valence electrons. The van der Waals surface area contributed by atoms with E-state index in [0.29, 0.717) is 29.3 Å². The molecule has 0 radical (unpaired) electrons. The largest absolute Gasteiger partial charge is 0.494 e. The Balaban J connectivity index is 1.83. The molecule has 0 heterocycles. The number of hydrogen-bond donors (Lipinski definition) is 1. The van der Waals surface area contributed by atoms with Gasteiger partial charge in [0.25, 0.3) is 21.6 Å². The van der Waals surface area contributed by atoms with Crippen molar-refractivity contribution in [1.82, 2.24) is 5.43 Å². The zero-order chi connectivity index (χ0) is 26.3. The molecular weight excluding hydrogens is 484 g/mol. The minimum absolute atomic E-state index is 0.00453. The van der Waals surface area contributed by atoms with Gasteiger partial charge in [-0.15, -0.1) is 0 Å². The Kier molecular flexibility index (Phi) is 8.38. The molecule has 0 saturated heterocycles. The van der Waals surface area contributed by atoms with Gasteiger partial charge >= 0.3 is 0 Å². The van der Waals surface area contributed by atoms with Crippen LogP contribution >= 0.6 is 0 Å². The normalized spacial score (nSPS) is 11.6. The number of sulfonamides is 1. The molecule has 3 aromatic rings. The van der Waals surface area contributed by atoms with Gasteiger partial charge in [-0.25, -0.2) is 13.8 Å². The van der Waals surface area contributed by atoms with Crippen LogP contribution in [-0.2, 0) is 14.8 Å². The van der Waals surface area contributed by atoms with Crippen LogP contribution < -0.4 is 14.5 Å².